The number of rotatable bonds is 2. The van der Waals surface area contributed by atoms with Crippen LogP contribution in [0, 0.1) is 0 Å². The molecular weight excluding hydrogens is 668 g/mol. The lowest BCUT2D eigenvalue weighted by molar-refractivity contribution is -0.0670. The number of nitrogens with one attached hydrogen (secondary N) is 1. The minimum atomic E-state index is -5.07. The first-order chi connectivity index (χ1) is 21.3. The summed E-state index contributed by atoms with van der Waals surface area (Å²) >= 11 is 6.66. The quantitative estimate of drug-likeness (QED) is 0.114. The summed E-state index contributed by atoms with van der Waals surface area (Å²) < 4.78 is 61.8. The number of alkyl halides is 1. The van der Waals surface area contributed by atoms with Crippen LogP contribution in [0.2, 0.25) is 0 Å². The van der Waals surface area contributed by atoms with Gasteiger partial charge in [-0.1, -0.05) is 0 Å². The summed E-state index contributed by atoms with van der Waals surface area (Å²) in [5.41, 5.74) is 11.6. The Hall–Kier alpha value is -3.04. The van der Waals surface area contributed by atoms with Gasteiger partial charge in [-0.05, 0) is 6.07 Å². The van der Waals surface area contributed by atoms with Crippen molar-refractivity contribution >= 4 is 61.2 Å². The average Bonchev–Trinajstić information content (AvgIpc) is 3.72. The summed E-state index contributed by atoms with van der Waals surface area (Å²) in [4.78, 5) is 52.4. The van der Waals surface area contributed by atoms with Crippen molar-refractivity contribution in [3.63, 3.8) is 0 Å². The largest absolute Gasteiger partial charge is 0.472 e. The number of imidazole rings is 2. The van der Waals surface area contributed by atoms with Crippen molar-refractivity contribution in [2.75, 3.05) is 24.7 Å². The van der Waals surface area contributed by atoms with E-state index in [9.17, 15) is 28.8 Å². The molecule has 0 aliphatic carbocycles. The Morgan fingerprint density at radius 3 is 2.27 bits per heavy atom. The van der Waals surface area contributed by atoms with Crippen LogP contribution < -0.4 is 17.0 Å². The predicted molar refractivity (Wildman–Crippen MR) is 149 cm³/mol. The van der Waals surface area contributed by atoms with Crippen molar-refractivity contribution in [1.82, 2.24) is 34.1 Å². The molecule has 2 unspecified atom stereocenters. The number of ether oxygens (including phenoxy) is 2. The van der Waals surface area contributed by atoms with Crippen LogP contribution in [-0.4, -0.2) is 98.1 Å². The molecule has 3 aliphatic rings. The van der Waals surface area contributed by atoms with Crippen LogP contribution in [0.5, 0.6) is 0 Å². The number of nitrogens with zero attached hydrogens (tertiary/aromatic N) is 6. The maximum absolute atomic E-state index is 13.2. The molecule has 24 heteroatoms. The Balaban J connectivity index is 1.21. The maximum atomic E-state index is 13.2. The summed E-state index contributed by atoms with van der Waals surface area (Å²) in [5, 5.41) is 9.80. The number of aliphatic hydroxyl groups excluding tert-OH is 1. The number of aromatic amines is 1. The number of hydrogen-bond donors (Lipinski definition) is 6. The van der Waals surface area contributed by atoms with Gasteiger partial charge in [0.15, 0.2) is 29.3 Å². The van der Waals surface area contributed by atoms with Gasteiger partial charge < -0.3 is 35.8 Å². The highest BCUT2D eigenvalue weighted by Crippen LogP contribution is 2.54. The lowest BCUT2D eigenvalue weighted by atomic mass is 10.1. The monoisotopic (exact) mass is 691 g/mol. The highest BCUT2D eigenvalue weighted by Gasteiger charge is 2.54. The molecule has 2 bridgehead atoms. The Morgan fingerprint density at radius 1 is 0.911 bits per heavy atom. The molecule has 7 rings (SSSR count). The van der Waals surface area contributed by atoms with Crippen LogP contribution in [0.4, 0.5) is 11.6 Å². The summed E-state index contributed by atoms with van der Waals surface area (Å²) in [6.45, 7) is -1.52. The molecule has 7 heterocycles. The first kappa shape index (κ1) is 30.6. The van der Waals surface area contributed by atoms with E-state index in [2.05, 4.69) is 24.9 Å². The van der Waals surface area contributed by atoms with Crippen LogP contribution in [0.3, 0.4) is 0 Å². The molecule has 0 spiro atoms. The van der Waals surface area contributed by atoms with Crippen LogP contribution in [0.15, 0.2) is 29.7 Å². The zero-order valence-corrected chi connectivity index (χ0v) is 25.0. The Bertz CT molecular complexity index is 1940. The smallest absolute Gasteiger partial charge is 0.397 e. The van der Waals surface area contributed by atoms with E-state index >= 15 is 0 Å². The minimum absolute atomic E-state index is 0.112. The molecule has 45 heavy (non-hydrogen) atoms. The molecule has 242 valence electrons. The molecule has 0 aromatic carbocycles. The number of nitrogens with two attached hydrogens (primary N) is 2. The van der Waals surface area contributed by atoms with Crippen molar-refractivity contribution in [3.05, 3.63) is 35.3 Å². The number of pyridine rings is 1. The topological polar surface area (TPSA) is 297 Å². The summed E-state index contributed by atoms with van der Waals surface area (Å²) in [6.07, 6.45) is -6.37. The van der Waals surface area contributed by atoms with E-state index in [1.54, 1.807) is 0 Å². The van der Waals surface area contributed by atoms with Crippen LogP contribution >= 0.6 is 27.2 Å². The van der Waals surface area contributed by atoms with E-state index in [1.807, 2.05) is 0 Å². The van der Waals surface area contributed by atoms with E-state index in [4.69, 9.17) is 50.6 Å². The van der Waals surface area contributed by atoms with E-state index < -0.39 is 82.8 Å². The molecule has 21 nitrogen and oxygen atoms in total. The highest BCUT2D eigenvalue weighted by atomic mass is 35.5. The Morgan fingerprint density at radius 2 is 1.53 bits per heavy atom. The number of hydrogen-bond acceptors (Lipinski definition) is 16. The third-order valence-electron chi connectivity index (χ3n) is 7.38. The SMILES string of the molecule is Nc1nc2c(ncn2[C@@H]2O[C@@H]3COP(=O)(O)O[C@H]4[C@H](Cl)[C@H](n5cnc6c(N)ccnc65)O[C@@H]4COP(=O)(O)O[C@@H]2[C@@H]3O)c(=O)[nH]1. The Labute approximate surface area is 255 Å². The van der Waals surface area contributed by atoms with Crippen molar-refractivity contribution in [1.29, 1.82) is 0 Å². The third-order valence-corrected chi connectivity index (χ3v) is 9.82. The summed E-state index contributed by atoms with van der Waals surface area (Å²) in [6, 6.07) is 1.54. The zero-order chi connectivity index (χ0) is 31.8. The number of nitrogen functional groups attached to an aromatic ring is 2. The molecular formula is C21H24ClN9O12P2. The van der Waals surface area contributed by atoms with Gasteiger partial charge in [0.25, 0.3) is 5.56 Å². The number of halogens is 1. The van der Waals surface area contributed by atoms with Crippen molar-refractivity contribution < 1.29 is 51.6 Å². The summed E-state index contributed by atoms with van der Waals surface area (Å²) in [5.74, 6) is -0.272. The second kappa shape index (κ2) is 11.0. The average molecular weight is 692 g/mol. The number of phosphoric acid groups is 2. The molecule has 0 radical (unpaired) electrons. The lowest BCUT2D eigenvalue weighted by Gasteiger charge is -2.25. The summed E-state index contributed by atoms with van der Waals surface area (Å²) in [7, 11) is -10.0. The molecule has 0 saturated carbocycles. The number of anilines is 2. The van der Waals surface area contributed by atoms with Crippen molar-refractivity contribution in [2.45, 2.75) is 48.4 Å². The molecule has 4 aromatic rings. The van der Waals surface area contributed by atoms with Crippen LogP contribution in [-0.2, 0) is 36.7 Å². The molecule has 3 fully saturated rings. The fourth-order valence-corrected chi connectivity index (χ4v) is 7.71. The number of aromatic nitrogens is 7. The van der Waals surface area contributed by atoms with Crippen LogP contribution in [0.25, 0.3) is 22.3 Å². The van der Waals surface area contributed by atoms with Gasteiger partial charge in [-0.25, -0.2) is 24.1 Å². The van der Waals surface area contributed by atoms with Gasteiger partial charge in [-0.15, -0.1) is 11.6 Å². The first-order valence-electron chi connectivity index (χ1n) is 13.1. The fourth-order valence-electron chi connectivity index (χ4n) is 5.34. The second-order valence-electron chi connectivity index (χ2n) is 10.2. The second-order valence-corrected chi connectivity index (χ2v) is 13.5. The van der Waals surface area contributed by atoms with Gasteiger partial charge >= 0.3 is 15.6 Å². The standard InChI is InChI=1S/C21H24ClN9O12P2/c22-10-14-9(41-19(10)30-5-26-11-7(23)1-2-25-16(11)30)4-39-45(36,37)43-15-13(32)8(3-38-44(34,35)42-14)40-20(15)31-6-27-12-17(31)28-21(24)29-18(12)33/h1-2,5-6,8-10,13-15,19-20,32H,3-4H2,(H2,23,25)(H,34,35)(H,36,37)(H3,24,28,29,33)/t8-,9-,10+,13-,14-,15-,19-,20-/m1/s1. The number of H-pyrrole nitrogens is 1. The molecule has 4 aromatic heterocycles. The predicted octanol–water partition coefficient (Wildman–Crippen LogP) is -0.490. The van der Waals surface area contributed by atoms with E-state index in [-0.39, 0.29) is 22.8 Å². The van der Waals surface area contributed by atoms with E-state index in [0.29, 0.717) is 11.2 Å². The molecule has 0 amide bonds. The molecule has 3 aliphatic heterocycles. The number of fused-ring (bicyclic) bond motifs is 5. The molecule has 3 saturated heterocycles. The lowest BCUT2D eigenvalue weighted by Crippen LogP contribution is -2.35. The third kappa shape index (κ3) is 5.43. The first-order valence-corrected chi connectivity index (χ1v) is 16.5. The van der Waals surface area contributed by atoms with Gasteiger partial charge in [0.2, 0.25) is 5.95 Å². The van der Waals surface area contributed by atoms with E-state index in [0.717, 1.165) is 10.9 Å². The van der Waals surface area contributed by atoms with E-state index in [1.165, 1.54) is 23.2 Å². The number of phosphoric ester groups is 2. The zero-order valence-electron chi connectivity index (χ0n) is 22.5. The maximum Gasteiger partial charge on any atom is 0.472 e. The van der Waals surface area contributed by atoms with Gasteiger partial charge in [-0.3, -0.25) is 37.0 Å². The molecule has 8 N–H and O–H groups in total. The normalized spacial score (nSPS) is 37.7. The van der Waals surface area contributed by atoms with Gasteiger partial charge in [0.1, 0.15) is 41.4 Å². The minimum Gasteiger partial charge on any atom is -0.397 e. The highest BCUT2D eigenvalue weighted by molar-refractivity contribution is 7.47. The van der Waals surface area contributed by atoms with Crippen LogP contribution in [0.1, 0.15) is 12.5 Å². The Kier molecular flexibility index (Phi) is 7.51. The van der Waals surface area contributed by atoms with Crippen molar-refractivity contribution in [3.8, 4) is 0 Å². The number of aliphatic hydroxyl groups is 1. The molecule has 10 atom stereocenters. The van der Waals surface area contributed by atoms with Gasteiger partial charge in [0.05, 0.1) is 31.6 Å². The van der Waals surface area contributed by atoms with Gasteiger partial charge in [-0.2, -0.15) is 4.98 Å². The van der Waals surface area contributed by atoms with Gasteiger partial charge in [0, 0.05) is 6.20 Å². The van der Waals surface area contributed by atoms with Crippen molar-refractivity contribution in [2.24, 2.45) is 0 Å². The fraction of sp³-hybridized carbons (Fsp3) is 0.476.